The highest BCUT2D eigenvalue weighted by Gasteiger charge is 2.16. The zero-order chi connectivity index (χ0) is 17.8. The van der Waals surface area contributed by atoms with Gasteiger partial charge in [-0.05, 0) is 31.5 Å². The number of carbonyl (C=O) groups excluding carboxylic acids is 1. The maximum Gasteiger partial charge on any atom is 0.308 e. The van der Waals surface area contributed by atoms with Crippen LogP contribution < -0.4 is 0 Å². The van der Waals surface area contributed by atoms with Crippen LogP contribution in [0.4, 0.5) is 0 Å². The Balaban J connectivity index is 1.61. The van der Waals surface area contributed by atoms with Gasteiger partial charge in [-0.25, -0.2) is 4.68 Å². The minimum absolute atomic E-state index is 0.106. The highest BCUT2D eigenvalue weighted by atomic mass is 35.5. The van der Waals surface area contributed by atoms with E-state index in [-0.39, 0.29) is 19.0 Å². The molecule has 2 aromatic heterocycles. The van der Waals surface area contributed by atoms with E-state index in [1.165, 1.54) is 0 Å². The van der Waals surface area contributed by atoms with E-state index in [2.05, 4.69) is 10.2 Å². The zero-order valence-electron chi connectivity index (χ0n) is 14.1. The second-order valence-electron chi connectivity index (χ2n) is 5.79. The van der Waals surface area contributed by atoms with Crippen LogP contribution in [0.25, 0.3) is 5.69 Å². The van der Waals surface area contributed by atoms with Crippen molar-refractivity contribution in [3.05, 3.63) is 64.7 Å². The van der Waals surface area contributed by atoms with E-state index in [1.54, 1.807) is 15.6 Å². The summed E-state index contributed by atoms with van der Waals surface area (Å²) in [4.78, 5) is 12.0. The average Bonchev–Trinajstić information content (AvgIpc) is 3.15. The highest BCUT2D eigenvalue weighted by Crippen LogP contribution is 2.24. The molecule has 0 N–H and O–H groups in total. The molecule has 0 radical (unpaired) electrons. The quantitative estimate of drug-likeness (QED) is 0.633. The van der Waals surface area contributed by atoms with Crippen molar-refractivity contribution in [3.8, 4) is 5.69 Å². The Morgan fingerprint density at radius 2 is 2.00 bits per heavy atom. The van der Waals surface area contributed by atoms with Gasteiger partial charge in [-0.1, -0.05) is 29.8 Å². The van der Waals surface area contributed by atoms with Crippen LogP contribution in [0.2, 0.25) is 5.15 Å². The smallest absolute Gasteiger partial charge is 0.308 e. The minimum Gasteiger partial charge on any atom is -0.461 e. The fraction of sp³-hybridized carbons (Fsp3) is 0.278. The number of aryl methyl sites for hydroxylation is 3. The van der Waals surface area contributed by atoms with Gasteiger partial charge in [-0.15, -0.1) is 0 Å². The summed E-state index contributed by atoms with van der Waals surface area (Å²) in [6.45, 7) is 4.40. The van der Waals surface area contributed by atoms with E-state index >= 15 is 0 Å². The van der Waals surface area contributed by atoms with Crippen LogP contribution in [-0.2, 0) is 22.7 Å². The predicted octanol–water partition coefficient (Wildman–Crippen LogP) is 3.47. The molecular formula is C18H19ClN4O2. The molecule has 0 saturated heterocycles. The molecule has 0 bridgehead atoms. The number of aromatic nitrogens is 4. The van der Waals surface area contributed by atoms with Crippen molar-refractivity contribution in [2.24, 2.45) is 0 Å². The van der Waals surface area contributed by atoms with Crippen LogP contribution in [-0.4, -0.2) is 25.5 Å². The first-order valence-corrected chi connectivity index (χ1v) is 8.36. The number of rotatable bonds is 6. The molecule has 25 heavy (non-hydrogen) atoms. The second kappa shape index (κ2) is 7.53. The van der Waals surface area contributed by atoms with Crippen LogP contribution >= 0.6 is 11.6 Å². The van der Waals surface area contributed by atoms with Crippen LogP contribution in [0.15, 0.2) is 42.7 Å². The number of benzene rings is 1. The van der Waals surface area contributed by atoms with Gasteiger partial charge in [0.15, 0.2) is 0 Å². The Kier molecular flexibility index (Phi) is 5.19. The predicted molar refractivity (Wildman–Crippen MR) is 94.7 cm³/mol. The number of carbonyl (C=O) groups is 1. The molecule has 0 saturated carbocycles. The third-order valence-corrected chi connectivity index (χ3v) is 4.20. The van der Waals surface area contributed by atoms with E-state index in [4.69, 9.17) is 16.3 Å². The normalized spacial score (nSPS) is 10.8. The largest absolute Gasteiger partial charge is 0.461 e. The summed E-state index contributed by atoms with van der Waals surface area (Å²) in [6, 6.07) is 9.59. The van der Waals surface area contributed by atoms with Gasteiger partial charge in [0.1, 0.15) is 11.8 Å². The lowest BCUT2D eigenvalue weighted by molar-refractivity contribution is -0.145. The summed E-state index contributed by atoms with van der Waals surface area (Å²) in [5.41, 5.74) is 3.38. The van der Waals surface area contributed by atoms with Crippen LogP contribution in [0, 0.1) is 13.8 Å². The molecule has 0 unspecified atom stereocenters. The Morgan fingerprint density at radius 3 is 2.68 bits per heavy atom. The number of para-hydroxylation sites is 1. The third kappa shape index (κ3) is 4.09. The summed E-state index contributed by atoms with van der Waals surface area (Å²) >= 11 is 6.42. The van der Waals surface area contributed by atoms with E-state index < -0.39 is 0 Å². The van der Waals surface area contributed by atoms with Gasteiger partial charge in [-0.2, -0.15) is 10.2 Å². The average molecular weight is 359 g/mol. The van der Waals surface area contributed by atoms with Crippen molar-refractivity contribution in [1.29, 1.82) is 0 Å². The molecule has 7 heteroatoms. The molecule has 0 aliphatic carbocycles. The van der Waals surface area contributed by atoms with Crippen LogP contribution in [0.3, 0.4) is 0 Å². The first-order chi connectivity index (χ1) is 12.0. The summed E-state index contributed by atoms with van der Waals surface area (Å²) in [6.07, 6.45) is 3.90. The van der Waals surface area contributed by atoms with Crippen molar-refractivity contribution < 1.29 is 9.53 Å². The van der Waals surface area contributed by atoms with Crippen molar-refractivity contribution in [2.45, 2.75) is 33.4 Å². The lowest BCUT2D eigenvalue weighted by Crippen LogP contribution is -2.10. The molecule has 6 nitrogen and oxygen atoms in total. The Hall–Kier alpha value is -2.60. The third-order valence-electron chi connectivity index (χ3n) is 3.81. The Morgan fingerprint density at radius 1 is 1.24 bits per heavy atom. The van der Waals surface area contributed by atoms with E-state index in [0.717, 1.165) is 16.9 Å². The molecule has 3 aromatic rings. The molecule has 0 aliphatic heterocycles. The van der Waals surface area contributed by atoms with Gasteiger partial charge in [0.2, 0.25) is 0 Å². The van der Waals surface area contributed by atoms with Crippen LogP contribution in [0.1, 0.15) is 23.2 Å². The maximum atomic E-state index is 12.0. The van der Waals surface area contributed by atoms with Gasteiger partial charge < -0.3 is 4.74 Å². The number of nitrogens with zero attached hydrogens (tertiary/aromatic N) is 4. The van der Waals surface area contributed by atoms with Crippen molar-refractivity contribution in [3.63, 3.8) is 0 Å². The lowest BCUT2D eigenvalue weighted by atomic mass is 10.3. The maximum absolute atomic E-state index is 12.0. The SMILES string of the molecule is Cc1cnn(CCC(=O)OCc2c(C)nn(-c3ccccc3)c2Cl)c1. The molecular weight excluding hydrogens is 340 g/mol. The molecule has 1 aromatic carbocycles. The summed E-state index contributed by atoms with van der Waals surface area (Å²) < 4.78 is 8.72. The molecule has 0 aliphatic rings. The second-order valence-corrected chi connectivity index (χ2v) is 6.15. The van der Waals surface area contributed by atoms with E-state index in [1.807, 2.05) is 50.4 Å². The van der Waals surface area contributed by atoms with Crippen LogP contribution in [0.5, 0.6) is 0 Å². The summed E-state index contributed by atoms with van der Waals surface area (Å²) in [5.74, 6) is -0.295. The van der Waals surface area contributed by atoms with Gasteiger partial charge >= 0.3 is 5.97 Å². The fourth-order valence-electron chi connectivity index (χ4n) is 2.46. The monoisotopic (exact) mass is 358 g/mol. The van der Waals surface area contributed by atoms with Crippen molar-refractivity contribution in [2.75, 3.05) is 0 Å². The zero-order valence-corrected chi connectivity index (χ0v) is 14.9. The van der Waals surface area contributed by atoms with Gasteiger partial charge in [0.25, 0.3) is 0 Å². The Bertz CT molecular complexity index is 871. The van der Waals surface area contributed by atoms with Crippen molar-refractivity contribution >= 4 is 17.6 Å². The topological polar surface area (TPSA) is 61.9 Å². The first kappa shape index (κ1) is 17.2. The van der Waals surface area contributed by atoms with Gasteiger partial charge in [0.05, 0.1) is 30.5 Å². The molecule has 0 amide bonds. The fourth-order valence-corrected chi connectivity index (χ4v) is 2.78. The number of hydrogen-bond donors (Lipinski definition) is 0. The van der Waals surface area contributed by atoms with Crippen molar-refractivity contribution in [1.82, 2.24) is 19.6 Å². The molecule has 0 atom stereocenters. The molecule has 0 fully saturated rings. The first-order valence-electron chi connectivity index (χ1n) is 7.98. The standard InChI is InChI=1S/C18H19ClN4O2/c1-13-10-20-22(11-13)9-8-17(24)25-12-16-14(2)21-23(18(16)19)15-6-4-3-5-7-15/h3-7,10-11H,8-9,12H2,1-2H3. The number of ether oxygens (including phenoxy) is 1. The molecule has 2 heterocycles. The molecule has 3 rings (SSSR count). The highest BCUT2D eigenvalue weighted by molar-refractivity contribution is 6.30. The van der Waals surface area contributed by atoms with E-state index in [0.29, 0.717) is 17.3 Å². The minimum atomic E-state index is -0.295. The summed E-state index contributed by atoms with van der Waals surface area (Å²) in [5, 5.41) is 9.04. The lowest BCUT2D eigenvalue weighted by Gasteiger charge is -2.06. The van der Waals surface area contributed by atoms with E-state index in [9.17, 15) is 4.79 Å². The van der Waals surface area contributed by atoms with Gasteiger partial charge in [0, 0.05) is 11.8 Å². The molecule has 0 spiro atoms. The number of hydrogen-bond acceptors (Lipinski definition) is 4. The number of esters is 1. The van der Waals surface area contributed by atoms with Gasteiger partial charge in [-0.3, -0.25) is 9.48 Å². The number of halogens is 1. The molecule has 130 valence electrons. The summed E-state index contributed by atoms with van der Waals surface area (Å²) in [7, 11) is 0. The Labute approximate surface area is 151 Å².